The second-order valence-corrected chi connectivity index (χ2v) is 19.9. The van der Waals surface area contributed by atoms with E-state index >= 15 is 0 Å². The van der Waals surface area contributed by atoms with Crippen molar-refractivity contribution < 1.29 is 28.6 Å². The lowest BCUT2D eigenvalue weighted by molar-refractivity contribution is -0.167. The van der Waals surface area contributed by atoms with Crippen LogP contribution in [0.4, 0.5) is 0 Å². The molecular weight excluding hydrogens is 865 g/mol. The molecule has 0 spiro atoms. The zero-order chi connectivity index (χ0) is 50.7. The Labute approximate surface area is 433 Å². The normalized spacial score (nSPS) is 12.6. The monoisotopic (exact) mass is 977 g/mol. The number of allylic oxidation sites excluding steroid dienone is 12. The summed E-state index contributed by atoms with van der Waals surface area (Å²) in [5.41, 5.74) is 0. The molecule has 0 saturated carbocycles. The molecule has 1 unspecified atom stereocenters. The first-order chi connectivity index (χ1) is 34.5. The van der Waals surface area contributed by atoms with Crippen LogP contribution in [0.25, 0.3) is 0 Å². The van der Waals surface area contributed by atoms with Crippen molar-refractivity contribution in [3.8, 4) is 0 Å². The van der Waals surface area contributed by atoms with Crippen molar-refractivity contribution in [2.45, 2.75) is 303 Å². The highest BCUT2D eigenvalue weighted by Crippen LogP contribution is 2.15. The molecule has 6 nitrogen and oxygen atoms in total. The summed E-state index contributed by atoms with van der Waals surface area (Å²) in [4.78, 5) is 38.1. The lowest BCUT2D eigenvalue weighted by Gasteiger charge is -2.18. The van der Waals surface area contributed by atoms with E-state index in [1.807, 2.05) is 0 Å². The van der Waals surface area contributed by atoms with Crippen LogP contribution in [0.5, 0.6) is 0 Å². The van der Waals surface area contributed by atoms with Crippen molar-refractivity contribution in [3.63, 3.8) is 0 Å². The van der Waals surface area contributed by atoms with Gasteiger partial charge in [0.2, 0.25) is 0 Å². The van der Waals surface area contributed by atoms with Gasteiger partial charge < -0.3 is 14.2 Å². The molecule has 0 saturated heterocycles. The molecule has 0 bridgehead atoms. The van der Waals surface area contributed by atoms with E-state index in [2.05, 4.69) is 93.7 Å². The molecule has 0 aliphatic rings. The summed E-state index contributed by atoms with van der Waals surface area (Å²) < 4.78 is 16.8. The molecule has 70 heavy (non-hydrogen) atoms. The van der Waals surface area contributed by atoms with Crippen LogP contribution in [0.2, 0.25) is 0 Å². The highest BCUT2D eigenvalue weighted by Gasteiger charge is 2.19. The number of rotatable bonds is 54. The maximum absolute atomic E-state index is 12.9. The highest BCUT2D eigenvalue weighted by atomic mass is 16.6. The van der Waals surface area contributed by atoms with Gasteiger partial charge in [-0.1, -0.05) is 241 Å². The summed E-state index contributed by atoms with van der Waals surface area (Å²) in [6.45, 7) is 6.55. The maximum atomic E-state index is 12.9. The third-order valence-electron chi connectivity index (χ3n) is 12.9. The Hall–Kier alpha value is -3.15. The van der Waals surface area contributed by atoms with Gasteiger partial charge in [-0.15, -0.1) is 0 Å². The Morgan fingerprint density at radius 1 is 0.286 bits per heavy atom. The summed E-state index contributed by atoms with van der Waals surface area (Å²) in [6.07, 6.45) is 74.7. The van der Waals surface area contributed by atoms with Gasteiger partial charge in [-0.05, 0) is 109 Å². The molecule has 0 radical (unpaired) electrons. The second-order valence-electron chi connectivity index (χ2n) is 19.9. The van der Waals surface area contributed by atoms with E-state index in [0.717, 1.165) is 96.3 Å². The number of ether oxygens (including phenoxy) is 3. The van der Waals surface area contributed by atoms with Gasteiger partial charge in [0, 0.05) is 19.3 Å². The Morgan fingerprint density at radius 2 is 0.543 bits per heavy atom. The molecule has 0 amide bonds. The van der Waals surface area contributed by atoms with Gasteiger partial charge in [0.15, 0.2) is 6.10 Å². The Morgan fingerprint density at radius 3 is 0.900 bits per heavy atom. The first-order valence-electron chi connectivity index (χ1n) is 29.9. The van der Waals surface area contributed by atoms with Crippen molar-refractivity contribution in [3.05, 3.63) is 72.9 Å². The fourth-order valence-electron chi connectivity index (χ4n) is 8.36. The number of esters is 3. The van der Waals surface area contributed by atoms with Crippen molar-refractivity contribution in [1.82, 2.24) is 0 Å². The molecule has 0 aromatic heterocycles. The molecule has 0 N–H and O–H groups in total. The second kappa shape index (κ2) is 58.4. The average molecular weight is 978 g/mol. The van der Waals surface area contributed by atoms with Gasteiger partial charge in [0.1, 0.15) is 13.2 Å². The Bertz CT molecular complexity index is 1310. The van der Waals surface area contributed by atoms with E-state index in [-0.39, 0.29) is 31.1 Å². The zero-order valence-corrected chi connectivity index (χ0v) is 46.3. The lowest BCUT2D eigenvalue weighted by Crippen LogP contribution is -2.30. The van der Waals surface area contributed by atoms with Crippen LogP contribution in [0.1, 0.15) is 297 Å². The molecular formula is C64H112O6. The quantitative estimate of drug-likeness (QED) is 0.0261. The van der Waals surface area contributed by atoms with Crippen LogP contribution in [-0.2, 0) is 28.6 Å². The summed E-state index contributed by atoms with van der Waals surface area (Å²) in [5.74, 6) is -0.897. The number of unbranched alkanes of at least 4 members (excludes halogenated alkanes) is 31. The SMILES string of the molecule is CCC/C=C\CCCCCCCC(=O)OCC(COC(=O)CCCCCCCCCC/C=C\C/C=C\C/C=C\CCCCCCC)OC(=O)CCCCCCCCCCC/C=C\C/C=C\CCCCC. The molecule has 0 aliphatic heterocycles. The van der Waals surface area contributed by atoms with Crippen molar-refractivity contribution >= 4 is 17.9 Å². The van der Waals surface area contributed by atoms with Gasteiger partial charge in [-0.2, -0.15) is 0 Å². The van der Waals surface area contributed by atoms with E-state index < -0.39 is 6.10 Å². The fraction of sp³-hybridized carbons (Fsp3) is 0.766. The molecule has 0 heterocycles. The van der Waals surface area contributed by atoms with Crippen molar-refractivity contribution in [1.29, 1.82) is 0 Å². The number of hydrogen-bond donors (Lipinski definition) is 0. The molecule has 0 rings (SSSR count). The molecule has 0 aliphatic carbocycles. The van der Waals surface area contributed by atoms with Gasteiger partial charge >= 0.3 is 17.9 Å². The van der Waals surface area contributed by atoms with Gasteiger partial charge in [-0.3, -0.25) is 14.4 Å². The van der Waals surface area contributed by atoms with Crippen LogP contribution in [-0.4, -0.2) is 37.2 Å². The topological polar surface area (TPSA) is 78.9 Å². The molecule has 6 heteroatoms. The fourth-order valence-corrected chi connectivity index (χ4v) is 8.36. The summed E-state index contributed by atoms with van der Waals surface area (Å²) in [7, 11) is 0. The molecule has 404 valence electrons. The average Bonchev–Trinajstić information content (AvgIpc) is 3.36. The van der Waals surface area contributed by atoms with Gasteiger partial charge in [-0.25, -0.2) is 0 Å². The van der Waals surface area contributed by atoms with E-state index in [1.54, 1.807) is 0 Å². The molecule has 0 fully saturated rings. The minimum atomic E-state index is -0.784. The van der Waals surface area contributed by atoms with Crippen LogP contribution in [0.3, 0.4) is 0 Å². The van der Waals surface area contributed by atoms with Crippen LogP contribution in [0, 0.1) is 0 Å². The molecule has 0 aromatic rings. The highest BCUT2D eigenvalue weighted by molar-refractivity contribution is 5.71. The first-order valence-corrected chi connectivity index (χ1v) is 29.9. The predicted octanol–water partition coefficient (Wildman–Crippen LogP) is 20.2. The standard InChI is InChI=1S/C64H112O6/c1-4-7-10-13-16-19-22-24-26-28-30-31-32-33-35-36-38-40-42-45-48-51-54-57-63(66)69-60-61(59-68-62(65)56-53-50-47-44-21-18-15-12-9-6-3)70-64(67)58-55-52-49-46-43-41-39-37-34-29-27-25-23-20-17-14-11-8-5-2/h12,15,17,20,22,24-25,27-28,30,32-33,61H,4-11,13-14,16,18-19,21,23,26,29,31,34-60H2,1-3H3/b15-12-,20-17-,24-22-,27-25-,30-28-,33-32-. The van der Waals surface area contributed by atoms with E-state index in [9.17, 15) is 14.4 Å². The third-order valence-corrected chi connectivity index (χ3v) is 12.9. The third kappa shape index (κ3) is 55.8. The number of carbonyl (C=O) groups is 3. The largest absolute Gasteiger partial charge is 0.462 e. The van der Waals surface area contributed by atoms with Crippen molar-refractivity contribution in [2.75, 3.05) is 13.2 Å². The van der Waals surface area contributed by atoms with Crippen molar-refractivity contribution in [2.24, 2.45) is 0 Å². The predicted molar refractivity (Wildman–Crippen MR) is 302 cm³/mol. The summed E-state index contributed by atoms with van der Waals surface area (Å²) >= 11 is 0. The summed E-state index contributed by atoms with van der Waals surface area (Å²) in [6, 6.07) is 0. The lowest BCUT2D eigenvalue weighted by atomic mass is 10.1. The Balaban J connectivity index is 4.30. The number of hydrogen-bond acceptors (Lipinski definition) is 6. The Kier molecular flexibility index (Phi) is 55.8. The maximum Gasteiger partial charge on any atom is 0.306 e. The van der Waals surface area contributed by atoms with Crippen LogP contribution >= 0.6 is 0 Å². The minimum Gasteiger partial charge on any atom is -0.462 e. The number of carbonyl (C=O) groups excluding carboxylic acids is 3. The van der Waals surface area contributed by atoms with E-state index in [0.29, 0.717) is 19.3 Å². The van der Waals surface area contributed by atoms with E-state index in [1.165, 1.54) is 161 Å². The minimum absolute atomic E-state index is 0.0831. The smallest absolute Gasteiger partial charge is 0.306 e. The van der Waals surface area contributed by atoms with Crippen LogP contribution in [0.15, 0.2) is 72.9 Å². The van der Waals surface area contributed by atoms with Gasteiger partial charge in [0.25, 0.3) is 0 Å². The first kappa shape index (κ1) is 66.9. The molecule has 0 aromatic carbocycles. The zero-order valence-electron chi connectivity index (χ0n) is 46.3. The van der Waals surface area contributed by atoms with Gasteiger partial charge in [0.05, 0.1) is 0 Å². The summed E-state index contributed by atoms with van der Waals surface area (Å²) in [5, 5.41) is 0. The van der Waals surface area contributed by atoms with E-state index in [4.69, 9.17) is 14.2 Å². The van der Waals surface area contributed by atoms with Crippen LogP contribution < -0.4 is 0 Å². The molecule has 1 atom stereocenters.